The fourth-order valence-electron chi connectivity index (χ4n) is 3.69. The minimum absolute atomic E-state index is 0.000678. The van der Waals surface area contributed by atoms with Gasteiger partial charge in [0.05, 0.1) is 12.0 Å². The van der Waals surface area contributed by atoms with Crippen molar-refractivity contribution in [3.05, 3.63) is 53.5 Å². The molecule has 29 heavy (non-hydrogen) atoms. The minimum Gasteiger partial charge on any atom is -0.459 e. The molecule has 0 aliphatic carbocycles. The highest BCUT2D eigenvalue weighted by Gasteiger charge is 2.28. The number of rotatable bonds is 5. The molecule has 3 rings (SSSR count). The van der Waals surface area contributed by atoms with E-state index in [4.69, 9.17) is 4.42 Å². The summed E-state index contributed by atoms with van der Waals surface area (Å²) >= 11 is 0. The van der Waals surface area contributed by atoms with Crippen molar-refractivity contribution in [3.63, 3.8) is 0 Å². The van der Waals surface area contributed by atoms with E-state index in [1.807, 2.05) is 32.0 Å². The number of furan rings is 1. The average molecular weight is 397 g/mol. The number of aryl methyl sites for hydroxylation is 2. The molecule has 7 heteroatoms. The summed E-state index contributed by atoms with van der Waals surface area (Å²) in [6.45, 7) is 7.22. The highest BCUT2D eigenvalue weighted by atomic mass is 16.3. The minimum atomic E-state index is -0.167. The van der Waals surface area contributed by atoms with E-state index in [1.165, 1.54) is 13.2 Å². The molecule has 0 saturated carbocycles. The quantitative estimate of drug-likeness (QED) is 0.777. The van der Waals surface area contributed by atoms with Gasteiger partial charge in [0.25, 0.3) is 5.91 Å². The first-order chi connectivity index (χ1) is 13.9. The van der Waals surface area contributed by atoms with Gasteiger partial charge in [0.2, 0.25) is 11.8 Å². The summed E-state index contributed by atoms with van der Waals surface area (Å²) in [6.07, 6.45) is 2.25. The van der Waals surface area contributed by atoms with E-state index in [2.05, 4.69) is 0 Å². The van der Waals surface area contributed by atoms with E-state index < -0.39 is 0 Å². The monoisotopic (exact) mass is 397 g/mol. The zero-order chi connectivity index (χ0) is 21.0. The zero-order valence-electron chi connectivity index (χ0n) is 17.2. The van der Waals surface area contributed by atoms with Gasteiger partial charge < -0.3 is 19.1 Å². The van der Waals surface area contributed by atoms with Gasteiger partial charge in [-0.1, -0.05) is 25.1 Å². The number of piperazine rings is 1. The SMILES string of the molecule is CCc1cccc(C)c1N(CC(=O)N1CCN(C(=O)c2ccco2)CC1)C(C)=O. The molecule has 1 saturated heterocycles. The van der Waals surface area contributed by atoms with Crippen molar-refractivity contribution in [2.75, 3.05) is 37.6 Å². The van der Waals surface area contributed by atoms with Crippen LogP contribution in [0.4, 0.5) is 5.69 Å². The predicted molar refractivity (Wildman–Crippen MR) is 110 cm³/mol. The fourth-order valence-corrected chi connectivity index (χ4v) is 3.69. The summed E-state index contributed by atoms with van der Waals surface area (Å²) in [7, 11) is 0. The lowest BCUT2D eigenvalue weighted by Gasteiger charge is -2.35. The van der Waals surface area contributed by atoms with Crippen LogP contribution in [0.1, 0.15) is 35.5 Å². The van der Waals surface area contributed by atoms with Crippen LogP contribution in [-0.2, 0) is 16.0 Å². The lowest BCUT2D eigenvalue weighted by atomic mass is 10.0. The van der Waals surface area contributed by atoms with E-state index in [1.54, 1.807) is 26.8 Å². The summed E-state index contributed by atoms with van der Waals surface area (Å²) in [4.78, 5) is 42.6. The van der Waals surface area contributed by atoms with Crippen LogP contribution in [0.15, 0.2) is 41.0 Å². The Balaban J connectivity index is 1.66. The molecular formula is C22H27N3O4. The molecule has 2 aromatic rings. The fraction of sp³-hybridized carbons (Fsp3) is 0.409. The second kappa shape index (κ2) is 8.94. The Morgan fingerprint density at radius 3 is 2.31 bits per heavy atom. The van der Waals surface area contributed by atoms with Gasteiger partial charge >= 0.3 is 0 Å². The highest BCUT2D eigenvalue weighted by Crippen LogP contribution is 2.26. The first-order valence-electron chi connectivity index (χ1n) is 9.89. The summed E-state index contributed by atoms with van der Waals surface area (Å²) in [5.74, 6) is -0.135. The van der Waals surface area contributed by atoms with Crippen molar-refractivity contribution in [1.82, 2.24) is 9.80 Å². The Bertz CT molecular complexity index is 883. The molecule has 0 unspecified atom stereocenters. The Kier molecular flexibility index (Phi) is 6.36. The Labute approximate surface area is 170 Å². The van der Waals surface area contributed by atoms with Crippen LogP contribution in [-0.4, -0.2) is 60.2 Å². The van der Waals surface area contributed by atoms with Gasteiger partial charge in [0.15, 0.2) is 5.76 Å². The summed E-state index contributed by atoms with van der Waals surface area (Å²) < 4.78 is 5.17. The van der Waals surface area contributed by atoms with Crippen LogP contribution < -0.4 is 4.90 Å². The van der Waals surface area contributed by atoms with Gasteiger partial charge in [-0.05, 0) is 36.6 Å². The number of carbonyl (C=O) groups is 3. The highest BCUT2D eigenvalue weighted by molar-refractivity contribution is 5.99. The van der Waals surface area contributed by atoms with Crippen molar-refractivity contribution in [2.45, 2.75) is 27.2 Å². The molecule has 1 aromatic heterocycles. The topological polar surface area (TPSA) is 74.1 Å². The molecule has 2 heterocycles. The zero-order valence-corrected chi connectivity index (χ0v) is 17.2. The molecule has 0 spiro atoms. The molecule has 1 aromatic carbocycles. The third-order valence-corrected chi connectivity index (χ3v) is 5.30. The van der Waals surface area contributed by atoms with Crippen molar-refractivity contribution in [2.24, 2.45) is 0 Å². The van der Waals surface area contributed by atoms with Gasteiger partial charge in [-0.2, -0.15) is 0 Å². The van der Waals surface area contributed by atoms with Crippen LogP contribution in [0.25, 0.3) is 0 Å². The number of amides is 3. The van der Waals surface area contributed by atoms with Crippen molar-refractivity contribution >= 4 is 23.4 Å². The third-order valence-electron chi connectivity index (χ3n) is 5.30. The third kappa shape index (κ3) is 4.50. The Hall–Kier alpha value is -3.09. The molecule has 7 nitrogen and oxygen atoms in total. The van der Waals surface area contributed by atoms with Crippen LogP contribution in [0, 0.1) is 6.92 Å². The lowest BCUT2D eigenvalue weighted by molar-refractivity contribution is -0.132. The molecule has 1 aliphatic rings. The molecule has 3 amide bonds. The van der Waals surface area contributed by atoms with Crippen LogP contribution >= 0.6 is 0 Å². The van der Waals surface area contributed by atoms with Crippen molar-refractivity contribution in [3.8, 4) is 0 Å². The van der Waals surface area contributed by atoms with Crippen molar-refractivity contribution in [1.29, 1.82) is 0 Å². The normalized spacial score (nSPS) is 14.0. The molecule has 0 radical (unpaired) electrons. The number of hydrogen-bond donors (Lipinski definition) is 0. The van der Waals surface area contributed by atoms with Crippen LogP contribution in [0.2, 0.25) is 0 Å². The first-order valence-corrected chi connectivity index (χ1v) is 9.89. The van der Waals surface area contributed by atoms with Crippen molar-refractivity contribution < 1.29 is 18.8 Å². The Morgan fingerprint density at radius 2 is 1.72 bits per heavy atom. The number of nitrogens with zero attached hydrogens (tertiary/aromatic N) is 3. The number of anilines is 1. The standard InChI is InChI=1S/C22H27N3O4/c1-4-18-8-5-7-16(2)21(18)25(17(3)26)15-20(27)23-10-12-24(13-11-23)22(28)19-9-6-14-29-19/h5-9,14H,4,10-13,15H2,1-3H3. The maximum atomic E-state index is 12.9. The summed E-state index contributed by atoms with van der Waals surface area (Å²) in [6, 6.07) is 9.22. The second-order valence-corrected chi connectivity index (χ2v) is 7.19. The molecule has 0 atom stereocenters. The summed E-state index contributed by atoms with van der Waals surface area (Å²) in [5, 5.41) is 0. The molecule has 154 valence electrons. The van der Waals surface area contributed by atoms with E-state index in [-0.39, 0.29) is 24.3 Å². The number of benzene rings is 1. The largest absolute Gasteiger partial charge is 0.459 e. The molecule has 0 bridgehead atoms. The second-order valence-electron chi connectivity index (χ2n) is 7.19. The van der Waals surface area contributed by atoms with E-state index >= 15 is 0 Å². The van der Waals surface area contributed by atoms with Gasteiger partial charge in [-0.25, -0.2) is 0 Å². The maximum absolute atomic E-state index is 12.9. The van der Waals surface area contributed by atoms with E-state index in [0.29, 0.717) is 31.9 Å². The average Bonchev–Trinajstić information content (AvgIpc) is 3.26. The van der Waals surface area contributed by atoms with Gasteiger partial charge in [-0.15, -0.1) is 0 Å². The maximum Gasteiger partial charge on any atom is 0.289 e. The van der Waals surface area contributed by atoms with Gasteiger partial charge in [0, 0.05) is 33.1 Å². The van der Waals surface area contributed by atoms with Gasteiger partial charge in [-0.3, -0.25) is 14.4 Å². The molecular weight excluding hydrogens is 370 g/mol. The first kappa shape index (κ1) is 20.6. The Morgan fingerprint density at radius 1 is 1.03 bits per heavy atom. The molecule has 1 fully saturated rings. The van der Waals surface area contributed by atoms with Gasteiger partial charge in [0.1, 0.15) is 6.54 Å². The predicted octanol–water partition coefficient (Wildman–Crippen LogP) is 2.49. The lowest BCUT2D eigenvalue weighted by Crippen LogP contribution is -2.53. The number of carbonyl (C=O) groups excluding carboxylic acids is 3. The van der Waals surface area contributed by atoms with Crippen LogP contribution in [0.5, 0.6) is 0 Å². The number of hydrogen-bond acceptors (Lipinski definition) is 4. The van der Waals surface area contributed by atoms with E-state index in [9.17, 15) is 14.4 Å². The smallest absolute Gasteiger partial charge is 0.289 e. The van der Waals surface area contributed by atoms with E-state index in [0.717, 1.165) is 23.2 Å². The molecule has 1 aliphatic heterocycles. The molecule has 0 N–H and O–H groups in total. The van der Waals surface area contributed by atoms with Crippen LogP contribution in [0.3, 0.4) is 0 Å². The summed E-state index contributed by atoms with van der Waals surface area (Å²) in [5.41, 5.74) is 2.84. The number of para-hydroxylation sites is 1.